The molecular weight excluding hydrogens is 386 g/mol. The Bertz CT molecular complexity index is 933. The first kappa shape index (κ1) is 21.7. The number of hydrogen-bond acceptors (Lipinski definition) is 5. The average molecular weight is 416 g/mol. The van der Waals surface area contributed by atoms with Crippen LogP contribution in [0.2, 0.25) is 0 Å². The lowest BCUT2D eigenvalue weighted by Gasteiger charge is -2.40. The quantitative estimate of drug-likeness (QED) is 0.547. The van der Waals surface area contributed by atoms with Gasteiger partial charge in [-0.25, -0.2) is 4.79 Å². The number of piperidine rings is 1. The number of furan rings is 1. The summed E-state index contributed by atoms with van der Waals surface area (Å²) >= 11 is 0. The zero-order valence-corrected chi connectivity index (χ0v) is 18.3. The van der Waals surface area contributed by atoms with Gasteiger partial charge in [-0.3, -0.25) is 14.2 Å². The number of aliphatic hydroxyl groups is 1. The van der Waals surface area contributed by atoms with Gasteiger partial charge in [-0.1, -0.05) is 12.5 Å². The van der Waals surface area contributed by atoms with Crippen LogP contribution in [0.1, 0.15) is 40.9 Å². The van der Waals surface area contributed by atoms with Crippen LogP contribution in [0.15, 0.2) is 22.6 Å². The monoisotopic (exact) mass is 415 g/mol. The van der Waals surface area contributed by atoms with E-state index in [0.717, 1.165) is 25.2 Å². The summed E-state index contributed by atoms with van der Waals surface area (Å²) in [5.41, 5.74) is 7.63. The van der Waals surface area contributed by atoms with Gasteiger partial charge in [0.15, 0.2) is 5.16 Å². The minimum Gasteiger partial charge on any atom is -0.460 e. The van der Waals surface area contributed by atoms with E-state index in [9.17, 15) is 14.7 Å². The molecule has 1 atom stereocenters. The Labute approximate surface area is 174 Å². The largest absolute Gasteiger partial charge is 0.460 e. The third-order valence-corrected chi connectivity index (χ3v) is 7.06. The number of primary amides is 1. The van der Waals surface area contributed by atoms with Crippen LogP contribution in [-0.2, 0) is 11.3 Å². The van der Waals surface area contributed by atoms with E-state index in [2.05, 4.69) is 15.1 Å². The fourth-order valence-corrected chi connectivity index (χ4v) is 4.09. The SMILES string of the molecule is Cc1oc2ccc(CN3CCCCC3)cc2c1C(=O)[N+](C)(C)C([Si])(CO)C(N)=O. The van der Waals surface area contributed by atoms with E-state index >= 15 is 0 Å². The minimum absolute atomic E-state index is 0.362. The lowest BCUT2D eigenvalue weighted by molar-refractivity contribution is -0.838. The molecule has 0 bridgehead atoms. The Kier molecular flexibility index (Phi) is 6.00. The van der Waals surface area contributed by atoms with Crippen molar-refractivity contribution in [2.75, 3.05) is 33.8 Å². The lowest BCUT2D eigenvalue weighted by atomic mass is 10.0. The van der Waals surface area contributed by atoms with Gasteiger partial charge in [0.05, 0.1) is 14.1 Å². The fourth-order valence-electron chi connectivity index (χ4n) is 3.99. The van der Waals surface area contributed by atoms with Crippen molar-refractivity contribution < 1.29 is 23.6 Å². The van der Waals surface area contributed by atoms with E-state index in [1.165, 1.54) is 19.3 Å². The molecular formula is C21H29N3O4Si+. The highest BCUT2D eigenvalue weighted by Gasteiger charge is 2.52. The van der Waals surface area contributed by atoms with Gasteiger partial charge in [-0.05, 0) is 50.6 Å². The van der Waals surface area contributed by atoms with Crippen molar-refractivity contribution in [3.05, 3.63) is 35.1 Å². The summed E-state index contributed by atoms with van der Waals surface area (Å²) in [5.74, 6) is -0.701. The second-order valence-corrected chi connectivity index (χ2v) is 9.17. The maximum Gasteiger partial charge on any atom is 0.350 e. The van der Waals surface area contributed by atoms with Crippen molar-refractivity contribution in [2.45, 2.75) is 37.9 Å². The van der Waals surface area contributed by atoms with Crippen LogP contribution in [-0.4, -0.2) is 75.5 Å². The number of quaternary nitrogens is 1. The molecule has 2 heterocycles. The molecule has 3 N–H and O–H groups in total. The number of amides is 2. The molecule has 2 amide bonds. The highest BCUT2D eigenvalue weighted by Crippen LogP contribution is 2.32. The summed E-state index contributed by atoms with van der Waals surface area (Å²) in [4.78, 5) is 28.0. The molecule has 1 aromatic carbocycles. The van der Waals surface area contributed by atoms with Crippen molar-refractivity contribution in [3.8, 4) is 0 Å². The molecule has 1 aliphatic heterocycles. The molecule has 0 spiro atoms. The number of aryl methyl sites for hydroxylation is 1. The number of likely N-dealkylation sites (N-methyl/N-ethyl adjacent to an activating group) is 1. The second kappa shape index (κ2) is 8.02. The fraction of sp³-hybridized carbons (Fsp3) is 0.524. The molecule has 155 valence electrons. The Morgan fingerprint density at radius 1 is 1.28 bits per heavy atom. The molecule has 8 heteroatoms. The van der Waals surface area contributed by atoms with Crippen LogP contribution in [0.4, 0.5) is 0 Å². The average Bonchev–Trinajstić information content (AvgIpc) is 3.02. The molecule has 1 unspecified atom stereocenters. The number of nitrogens with zero attached hydrogens (tertiary/aromatic N) is 2. The van der Waals surface area contributed by atoms with Crippen LogP contribution in [0.5, 0.6) is 0 Å². The van der Waals surface area contributed by atoms with Crippen LogP contribution in [0, 0.1) is 6.92 Å². The van der Waals surface area contributed by atoms with Crippen molar-refractivity contribution in [3.63, 3.8) is 0 Å². The van der Waals surface area contributed by atoms with Crippen molar-refractivity contribution in [2.24, 2.45) is 5.73 Å². The molecule has 1 aliphatic rings. The van der Waals surface area contributed by atoms with E-state index in [4.69, 9.17) is 10.2 Å². The van der Waals surface area contributed by atoms with Crippen molar-refractivity contribution in [1.82, 2.24) is 4.90 Å². The van der Waals surface area contributed by atoms with E-state index in [-0.39, 0.29) is 5.91 Å². The van der Waals surface area contributed by atoms with Crippen LogP contribution in [0.3, 0.4) is 0 Å². The first-order valence-corrected chi connectivity index (χ1v) is 10.4. The summed E-state index contributed by atoms with van der Waals surface area (Å²) in [6.07, 6.45) is 3.70. The third-order valence-electron chi connectivity index (χ3n) is 6.10. The Morgan fingerprint density at radius 2 is 1.93 bits per heavy atom. The van der Waals surface area contributed by atoms with Gasteiger partial charge in [0.2, 0.25) is 0 Å². The number of benzene rings is 1. The summed E-state index contributed by atoms with van der Waals surface area (Å²) in [6.45, 7) is 4.10. The number of aliphatic hydroxyl groups excluding tert-OH is 1. The molecule has 1 aromatic heterocycles. The topological polar surface area (TPSA) is 96.8 Å². The predicted octanol–water partition coefficient (Wildman–Crippen LogP) is 1.29. The first-order valence-electron chi connectivity index (χ1n) is 9.91. The molecule has 3 radical (unpaired) electrons. The normalized spacial score (nSPS) is 18.0. The van der Waals surface area contributed by atoms with Gasteiger partial charge in [-0.2, -0.15) is 0 Å². The Hall–Kier alpha value is -2.00. The number of hydrogen-bond donors (Lipinski definition) is 2. The van der Waals surface area contributed by atoms with Crippen molar-refractivity contribution >= 4 is 33.0 Å². The molecule has 0 saturated carbocycles. The van der Waals surface area contributed by atoms with Crippen LogP contribution in [0.25, 0.3) is 11.0 Å². The number of likely N-dealkylation sites (tertiary alicyclic amines) is 1. The van der Waals surface area contributed by atoms with Gasteiger partial charge in [0.1, 0.15) is 33.8 Å². The second-order valence-electron chi connectivity index (χ2n) is 8.34. The first-order chi connectivity index (χ1) is 13.6. The predicted molar refractivity (Wildman–Crippen MR) is 111 cm³/mol. The van der Waals surface area contributed by atoms with Gasteiger partial charge < -0.3 is 15.3 Å². The zero-order valence-electron chi connectivity index (χ0n) is 17.3. The number of carbonyl (C=O) groups excluding carboxylic acids is 2. The Morgan fingerprint density at radius 3 is 2.52 bits per heavy atom. The Balaban J connectivity index is 2.01. The zero-order chi connectivity index (χ0) is 21.4. The number of nitrogens with two attached hydrogens (primary N) is 1. The maximum absolute atomic E-state index is 13.5. The maximum atomic E-state index is 13.5. The standard InChI is InChI=1S/C21H28N3O4Si/c1-14-18(19(26)24(2,3)21(29,13-25)20(22)27)16-11-15(7-8-17(16)28-14)12-23-9-5-4-6-10-23/h7-8,11,25H,4-6,9-10,12-13H2,1-3H3,(H-,22,27)/p+1. The summed E-state index contributed by atoms with van der Waals surface area (Å²) in [6, 6.07) is 5.91. The molecule has 0 aliphatic carbocycles. The molecule has 1 fully saturated rings. The van der Waals surface area contributed by atoms with E-state index in [0.29, 0.717) is 22.3 Å². The molecule has 2 aromatic rings. The third kappa shape index (κ3) is 3.77. The number of fused-ring (bicyclic) bond motifs is 1. The molecule has 1 saturated heterocycles. The highest BCUT2D eigenvalue weighted by atomic mass is 28.1. The summed E-state index contributed by atoms with van der Waals surface area (Å²) < 4.78 is 5.34. The van der Waals surface area contributed by atoms with Gasteiger partial charge >= 0.3 is 5.91 Å². The van der Waals surface area contributed by atoms with Crippen molar-refractivity contribution in [1.29, 1.82) is 0 Å². The van der Waals surface area contributed by atoms with E-state index in [1.54, 1.807) is 21.0 Å². The van der Waals surface area contributed by atoms with Crippen LogP contribution >= 0.6 is 0 Å². The summed E-state index contributed by atoms with van der Waals surface area (Å²) in [7, 11) is 6.37. The molecule has 3 rings (SSSR count). The highest BCUT2D eigenvalue weighted by molar-refractivity contribution is 6.28. The van der Waals surface area contributed by atoms with Gasteiger partial charge in [0.25, 0.3) is 5.91 Å². The smallest absolute Gasteiger partial charge is 0.350 e. The van der Waals surface area contributed by atoms with E-state index < -0.39 is 22.2 Å². The summed E-state index contributed by atoms with van der Waals surface area (Å²) in [5, 5.41) is 8.87. The molecule has 29 heavy (non-hydrogen) atoms. The number of rotatable bonds is 6. The molecule has 7 nitrogen and oxygen atoms in total. The number of carbonyl (C=O) groups is 2. The lowest BCUT2D eigenvalue weighted by Crippen LogP contribution is -2.71. The van der Waals surface area contributed by atoms with E-state index in [1.807, 2.05) is 18.2 Å². The minimum atomic E-state index is -1.64. The van der Waals surface area contributed by atoms with Gasteiger partial charge in [-0.15, -0.1) is 0 Å². The van der Waals surface area contributed by atoms with Crippen LogP contribution < -0.4 is 5.73 Å². The van der Waals surface area contributed by atoms with Gasteiger partial charge in [0, 0.05) is 11.9 Å².